The zero-order valence-corrected chi connectivity index (χ0v) is 17.9. The molecule has 0 unspecified atom stereocenters. The molecule has 1 aliphatic rings. The zero-order valence-electron chi connectivity index (χ0n) is 17.9. The second kappa shape index (κ2) is 9.92. The Morgan fingerprint density at radius 2 is 1.83 bits per heavy atom. The van der Waals surface area contributed by atoms with Crippen LogP contribution in [0.25, 0.3) is 10.9 Å². The summed E-state index contributed by atoms with van der Waals surface area (Å²) in [6.07, 6.45) is 4.39. The number of nitrogens with one attached hydrogen (secondary N) is 2. The summed E-state index contributed by atoms with van der Waals surface area (Å²) in [5.74, 6) is 0.124. The monoisotopic (exact) mass is 404 g/mol. The minimum Gasteiger partial charge on any atom is -0.361 e. The third-order valence-electron chi connectivity index (χ3n) is 6.01. The van der Waals surface area contributed by atoms with Crippen molar-refractivity contribution in [3.8, 4) is 0 Å². The molecule has 0 atom stereocenters. The second-order valence-corrected chi connectivity index (χ2v) is 8.39. The van der Waals surface area contributed by atoms with Crippen LogP contribution in [0.2, 0.25) is 0 Å². The Kier molecular flexibility index (Phi) is 6.82. The third-order valence-corrected chi connectivity index (χ3v) is 6.01. The number of aryl methyl sites for hydroxylation is 1. The van der Waals surface area contributed by atoms with E-state index < -0.39 is 0 Å². The number of rotatable bonds is 8. The molecule has 1 aliphatic heterocycles. The van der Waals surface area contributed by atoms with Gasteiger partial charge in [-0.05, 0) is 42.6 Å². The first-order valence-corrected chi connectivity index (χ1v) is 11.0. The summed E-state index contributed by atoms with van der Waals surface area (Å²) < 4.78 is 0. The molecule has 2 aromatic carbocycles. The number of fused-ring (bicyclic) bond motifs is 1. The summed E-state index contributed by atoms with van der Waals surface area (Å²) in [4.78, 5) is 20.5. The Hall–Kier alpha value is -2.63. The number of H-pyrrole nitrogens is 1. The maximum Gasteiger partial charge on any atom is 0.220 e. The molecule has 4 rings (SSSR count). The summed E-state index contributed by atoms with van der Waals surface area (Å²) in [6.45, 7) is 6.09. The highest BCUT2D eigenvalue weighted by Crippen LogP contribution is 2.19. The van der Waals surface area contributed by atoms with Crippen LogP contribution in [0.15, 0.2) is 54.7 Å². The smallest absolute Gasteiger partial charge is 0.220 e. The van der Waals surface area contributed by atoms with E-state index in [0.717, 1.165) is 51.1 Å². The van der Waals surface area contributed by atoms with Crippen molar-refractivity contribution >= 4 is 16.8 Å². The van der Waals surface area contributed by atoms with Gasteiger partial charge in [0.15, 0.2) is 0 Å². The van der Waals surface area contributed by atoms with Gasteiger partial charge in [0, 0.05) is 62.8 Å². The number of hydrogen-bond acceptors (Lipinski definition) is 3. The van der Waals surface area contributed by atoms with Crippen LogP contribution in [-0.2, 0) is 24.3 Å². The van der Waals surface area contributed by atoms with Gasteiger partial charge in [0.1, 0.15) is 0 Å². The van der Waals surface area contributed by atoms with Crippen LogP contribution in [0.4, 0.5) is 0 Å². The molecule has 5 nitrogen and oxygen atoms in total. The van der Waals surface area contributed by atoms with E-state index in [4.69, 9.17) is 0 Å². The molecule has 30 heavy (non-hydrogen) atoms. The van der Waals surface area contributed by atoms with E-state index in [1.807, 2.05) is 6.07 Å². The number of carbonyl (C=O) groups excluding carboxylic acids is 1. The molecule has 2 heterocycles. The van der Waals surface area contributed by atoms with Crippen LogP contribution in [-0.4, -0.2) is 53.9 Å². The molecule has 0 aliphatic carbocycles. The zero-order chi connectivity index (χ0) is 20.8. The molecule has 3 aromatic rings. The molecule has 1 aromatic heterocycles. The lowest BCUT2D eigenvalue weighted by molar-refractivity contribution is -0.121. The van der Waals surface area contributed by atoms with E-state index in [2.05, 4.69) is 75.8 Å². The number of aromatic amines is 1. The van der Waals surface area contributed by atoms with Crippen molar-refractivity contribution < 1.29 is 4.79 Å². The van der Waals surface area contributed by atoms with Gasteiger partial charge in [-0.15, -0.1) is 0 Å². The molecule has 158 valence electrons. The minimum atomic E-state index is 0.124. The van der Waals surface area contributed by atoms with Gasteiger partial charge in [-0.3, -0.25) is 9.69 Å². The molecule has 0 bridgehead atoms. The lowest BCUT2D eigenvalue weighted by Crippen LogP contribution is -2.43. The van der Waals surface area contributed by atoms with Crippen molar-refractivity contribution in [2.75, 3.05) is 33.2 Å². The third kappa shape index (κ3) is 5.49. The first kappa shape index (κ1) is 20.6. The Morgan fingerprint density at radius 1 is 1.03 bits per heavy atom. The molecule has 1 saturated heterocycles. The average molecular weight is 405 g/mol. The largest absolute Gasteiger partial charge is 0.361 e. The molecule has 2 N–H and O–H groups in total. The van der Waals surface area contributed by atoms with Crippen molar-refractivity contribution in [1.29, 1.82) is 0 Å². The summed E-state index contributed by atoms with van der Waals surface area (Å²) >= 11 is 0. The van der Waals surface area contributed by atoms with Crippen molar-refractivity contribution in [2.45, 2.75) is 32.4 Å². The average Bonchev–Trinajstić information content (AvgIpc) is 3.17. The van der Waals surface area contributed by atoms with E-state index in [0.29, 0.717) is 13.0 Å². The van der Waals surface area contributed by atoms with E-state index in [-0.39, 0.29) is 5.91 Å². The Balaban J connectivity index is 1.21. The SMILES string of the molecule is CN1CCN(Cc2cccc(CNC(=O)CCCc3c[nH]c4ccccc34)c2)CC1. The van der Waals surface area contributed by atoms with Crippen LogP contribution >= 0.6 is 0 Å². The standard InChI is InChI=1S/C25H32N4O/c1-28-12-14-29(15-13-28)19-21-7-4-6-20(16-21)17-27-25(30)11-5-8-22-18-26-24-10-3-2-9-23(22)24/h2-4,6-7,9-10,16,18,26H,5,8,11-15,17,19H2,1H3,(H,27,30). The van der Waals surface area contributed by atoms with E-state index >= 15 is 0 Å². The van der Waals surface area contributed by atoms with Gasteiger partial charge in [0.05, 0.1) is 0 Å². The summed E-state index contributed by atoms with van der Waals surface area (Å²) in [5, 5.41) is 4.35. The summed E-state index contributed by atoms with van der Waals surface area (Å²) in [5.41, 5.74) is 4.95. The maximum absolute atomic E-state index is 12.3. The summed E-state index contributed by atoms with van der Waals surface area (Å²) in [6, 6.07) is 16.9. The fraction of sp³-hybridized carbons (Fsp3) is 0.400. The molecule has 0 radical (unpaired) electrons. The number of para-hydroxylation sites is 1. The van der Waals surface area contributed by atoms with E-state index in [1.54, 1.807) is 0 Å². The van der Waals surface area contributed by atoms with Crippen LogP contribution < -0.4 is 5.32 Å². The van der Waals surface area contributed by atoms with Crippen LogP contribution in [0.1, 0.15) is 29.5 Å². The molecule has 1 amide bonds. The number of aromatic nitrogens is 1. The van der Waals surface area contributed by atoms with E-state index in [9.17, 15) is 4.79 Å². The van der Waals surface area contributed by atoms with Gasteiger partial charge in [0.2, 0.25) is 5.91 Å². The van der Waals surface area contributed by atoms with Gasteiger partial charge in [-0.2, -0.15) is 0 Å². The Labute approximate surface area is 179 Å². The van der Waals surface area contributed by atoms with Crippen molar-refractivity contribution in [3.63, 3.8) is 0 Å². The lowest BCUT2D eigenvalue weighted by atomic mass is 10.1. The first-order chi connectivity index (χ1) is 14.7. The number of nitrogens with zero attached hydrogens (tertiary/aromatic N) is 2. The number of amides is 1. The number of piperazine rings is 1. The van der Waals surface area contributed by atoms with Gasteiger partial charge >= 0.3 is 0 Å². The van der Waals surface area contributed by atoms with Crippen molar-refractivity contribution in [3.05, 3.63) is 71.4 Å². The number of benzene rings is 2. The van der Waals surface area contributed by atoms with Gasteiger partial charge in [-0.1, -0.05) is 42.5 Å². The van der Waals surface area contributed by atoms with Crippen molar-refractivity contribution in [1.82, 2.24) is 20.1 Å². The Bertz CT molecular complexity index is 972. The highest BCUT2D eigenvalue weighted by Gasteiger charge is 2.14. The number of hydrogen-bond donors (Lipinski definition) is 2. The highest BCUT2D eigenvalue weighted by atomic mass is 16.1. The van der Waals surface area contributed by atoms with Crippen LogP contribution in [0.3, 0.4) is 0 Å². The quantitative estimate of drug-likeness (QED) is 0.604. The highest BCUT2D eigenvalue weighted by molar-refractivity contribution is 5.83. The fourth-order valence-corrected chi connectivity index (χ4v) is 4.17. The van der Waals surface area contributed by atoms with Crippen LogP contribution in [0, 0.1) is 0 Å². The molecular weight excluding hydrogens is 372 g/mol. The minimum absolute atomic E-state index is 0.124. The van der Waals surface area contributed by atoms with Crippen LogP contribution in [0.5, 0.6) is 0 Å². The number of likely N-dealkylation sites (N-methyl/N-ethyl adjacent to an activating group) is 1. The normalized spacial score (nSPS) is 15.5. The molecule has 0 spiro atoms. The molecule has 0 saturated carbocycles. The molecular formula is C25H32N4O. The van der Waals surface area contributed by atoms with Gasteiger partial charge < -0.3 is 15.2 Å². The predicted octanol–water partition coefficient (Wildman–Crippen LogP) is 3.55. The lowest BCUT2D eigenvalue weighted by Gasteiger charge is -2.32. The van der Waals surface area contributed by atoms with E-state index in [1.165, 1.54) is 22.1 Å². The summed E-state index contributed by atoms with van der Waals surface area (Å²) in [7, 11) is 2.18. The Morgan fingerprint density at radius 3 is 2.70 bits per heavy atom. The fourth-order valence-electron chi connectivity index (χ4n) is 4.17. The topological polar surface area (TPSA) is 51.4 Å². The first-order valence-electron chi connectivity index (χ1n) is 11.0. The van der Waals surface area contributed by atoms with Gasteiger partial charge in [0.25, 0.3) is 0 Å². The number of carbonyl (C=O) groups is 1. The maximum atomic E-state index is 12.3. The second-order valence-electron chi connectivity index (χ2n) is 8.39. The van der Waals surface area contributed by atoms with Crippen molar-refractivity contribution in [2.24, 2.45) is 0 Å². The van der Waals surface area contributed by atoms with Gasteiger partial charge in [-0.25, -0.2) is 0 Å². The predicted molar refractivity (Wildman–Crippen MR) is 122 cm³/mol. The molecule has 5 heteroatoms. The molecule has 1 fully saturated rings.